The van der Waals surface area contributed by atoms with E-state index in [0.29, 0.717) is 18.7 Å². The van der Waals surface area contributed by atoms with Crippen molar-refractivity contribution in [3.05, 3.63) is 40.2 Å². The van der Waals surface area contributed by atoms with E-state index in [1.54, 1.807) is 0 Å². The summed E-state index contributed by atoms with van der Waals surface area (Å²) in [5.74, 6) is 0.441. The van der Waals surface area contributed by atoms with Gasteiger partial charge in [0.2, 0.25) is 0 Å². The van der Waals surface area contributed by atoms with Gasteiger partial charge in [-0.15, -0.1) is 0 Å². The van der Waals surface area contributed by atoms with Crippen molar-refractivity contribution in [3.63, 3.8) is 0 Å². The zero-order valence-corrected chi connectivity index (χ0v) is 11.8. The fourth-order valence-corrected chi connectivity index (χ4v) is 2.03. The van der Waals surface area contributed by atoms with E-state index in [1.165, 1.54) is 12.1 Å². The van der Waals surface area contributed by atoms with Crippen LogP contribution >= 0.6 is 0 Å². The van der Waals surface area contributed by atoms with Gasteiger partial charge in [-0.25, -0.2) is 4.98 Å². The number of aromatic amines is 1. The van der Waals surface area contributed by atoms with Crippen molar-refractivity contribution < 1.29 is 22.8 Å². The largest absolute Gasteiger partial charge is 0.487 e. The molecule has 122 valence electrons. The number of hydrogen-bond acceptors (Lipinski definition) is 4. The Morgan fingerprint density at radius 3 is 2.70 bits per heavy atom. The lowest BCUT2D eigenvalue weighted by molar-refractivity contribution is -0.385. The van der Waals surface area contributed by atoms with Gasteiger partial charge in [0.1, 0.15) is 11.5 Å². The summed E-state index contributed by atoms with van der Waals surface area (Å²) in [4.78, 5) is 16.3. The number of nitrogens with one attached hydrogen (secondary N) is 1. The summed E-state index contributed by atoms with van der Waals surface area (Å²) in [5.41, 5.74) is -1.12. The van der Waals surface area contributed by atoms with Crippen molar-refractivity contribution in [2.45, 2.75) is 19.0 Å². The van der Waals surface area contributed by atoms with E-state index in [-0.39, 0.29) is 22.8 Å². The molecule has 9 heteroatoms. The molecule has 6 nitrogen and oxygen atoms in total. The summed E-state index contributed by atoms with van der Waals surface area (Å²) >= 11 is 0. The highest BCUT2D eigenvalue weighted by molar-refractivity contribution is 5.63. The van der Waals surface area contributed by atoms with Crippen LogP contribution in [0.4, 0.5) is 18.9 Å². The fraction of sp³-hybridized carbons (Fsp3) is 0.357. The molecule has 0 radical (unpaired) electrons. The first-order chi connectivity index (χ1) is 10.8. The number of halogens is 3. The SMILES string of the molecule is O=[N+]([O-])c1cc(-c2ncc(C(F)(F)F)[nH]2)ccc1OCC1CC1. The maximum absolute atomic E-state index is 12.6. The van der Waals surface area contributed by atoms with Crippen LogP contribution in [0.1, 0.15) is 18.5 Å². The summed E-state index contributed by atoms with van der Waals surface area (Å²) in [6.07, 6.45) is -1.82. The van der Waals surface area contributed by atoms with Crippen LogP contribution in [-0.2, 0) is 6.18 Å². The lowest BCUT2D eigenvalue weighted by atomic mass is 10.2. The lowest BCUT2D eigenvalue weighted by Crippen LogP contribution is -2.05. The molecule has 3 rings (SSSR count). The first-order valence-corrected chi connectivity index (χ1v) is 6.88. The Labute approximate surface area is 128 Å². The van der Waals surface area contributed by atoms with E-state index >= 15 is 0 Å². The summed E-state index contributed by atoms with van der Waals surface area (Å²) in [6.45, 7) is 0.402. The number of rotatable bonds is 5. The molecular formula is C14H12F3N3O3. The van der Waals surface area contributed by atoms with Gasteiger partial charge >= 0.3 is 11.9 Å². The highest BCUT2D eigenvalue weighted by atomic mass is 19.4. The van der Waals surface area contributed by atoms with Gasteiger partial charge in [-0.2, -0.15) is 13.2 Å². The van der Waals surface area contributed by atoms with E-state index < -0.39 is 16.8 Å². The summed E-state index contributed by atoms with van der Waals surface area (Å²) in [5, 5.41) is 11.1. The molecule has 1 aliphatic carbocycles. The third-order valence-corrected chi connectivity index (χ3v) is 3.48. The Balaban J connectivity index is 1.89. The van der Waals surface area contributed by atoms with Gasteiger partial charge in [0.25, 0.3) is 0 Å². The Hall–Kier alpha value is -2.58. The van der Waals surface area contributed by atoms with Crippen molar-refractivity contribution in [1.82, 2.24) is 9.97 Å². The number of nitro groups is 1. The average Bonchev–Trinajstić information content (AvgIpc) is 3.17. The number of benzene rings is 1. The molecule has 0 amide bonds. The molecule has 1 fully saturated rings. The molecule has 23 heavy (non-hydrogen) atoms. The van der Waals surface area contributed by atoms with E-state index in [1.807, 2.05) is 0 Å². The molecule has 1 aromatic carbocycles. The Morgan fingerprint density at radius 1 is 1.39 bits per heavy atom. The number of imidazole rings is 1. The second kappa shape index (κ2) is 5.56. The van der Waals surface area contributed by atoms with Crippen molar-refractivity contribution in [2.75, 3.05) is 6.61 Å². The molecule has 0 atom stereocenters. The minimum atomic E-state index is -4.55. The molecule has 0 aliphatic heterocycles. The van der Waals surface area contributed by atoms with E-state index in [0.717, 1.165) is 18.9 Å². The number of H-pyrrole nitrogens is 1. The van der Waals surface area contributed by atoms with E-state index in [9.17, 15) is 23.3 Å². The Kier molecular flexibility index (Phi) is 3.70. The predicted octanol–water partition coefficient (Wildman–Crippen LogP) is 3.79. The van der Waals surface area contributed by atoms with E-state index in [4.69, 9.17) is 4.74 Å². The molecule has 1 heterocycles. The number of ether oxygens (including phenoxy) is 1. The second-order valence-electron chi connectivity index (χ2n) is 5.34. The van der Waals surface area contributed by atoms with Gasteiger partial charge in [-0.05, 0) is 30.9 Å². The maximum atomic E-state index is 12.6. The molecule has 1 aromatic heterocycles. The lowest BCUT2D eigenvalue weighted by Gasteiger charge is -2.07. The van der Waals surface area contributed by atoms with Crippen LogP contribution in [0.2, 0.25) is 0 Å². The van der Waals surface area contributed by atoms with Gasteiger partial charge < -0.3 is 9.72 Å². The zero-order valence-electron chi connectivity index (χ0n) is 11.8. The standard InChI is InChI=1S/C14H12F3N3O3/c15-14(16,17)12-6-18-13(19-12)9-3-4-11(10(5-9)20(21)22)23-7-8-1-2-8/h3-6,8H,1-2,7H2,(H,18,19). The van der Waals surface area contributed by atoms with Crippen molar-refractivity contribution in [1.29, 1.82) is 0 Å². The fourth-order valence-electron chi connectivity index (χ4n) is 2.03. The van der Waals surface area contributed by atoms with Gasteiger partial charge in [0.05, 0.1) is 17.7 Å². The number of nitrogens with zero attached hydrogens (tertiary/aromatic N) is 2. The monoisotopic (exact) mass is 327 g/mol. The third-order valence-electron chi connectivity index (χ3n) is 3.48. The minimum absolute atomic E-state index is 0.0887. The summed E-state index contributed by atoms with van der Waals surface area (Å²) < 4.78 is 43.1. The summed E-state index contributed by atoms with van der Waals surface area (Å²) in [7, 11) is 0. The molecular weight excluding hydrogens is 315 g/mol. The molecule has 0 unspecified atom stereocenters. The highest BCUT2D eigenvalue weighted by Gasteiger charge is 2.33. The topological polar surface area (TPSA) is 81.0 Å². The normalized spacial score (nSPS) is 14.7. The average molecular weight is 327 g/mol. The minimum Gasteiger partial charge on any atom is -0.487 e. The molecule has 0 bridgehead atoms. The number of aromatic nitrogens is 2. The number of nitro benzene ring substituents is 1. The predicted molar refractivity (Wildman–Crippen MR) is 73.9 cm³/mol. The van der Waals surface area contributed by atoms with Crippen molar-refractivity contribution in [3.8, 4) is 17.1 Å². The first-order valence-electron chi connectivity index (χ1n) is 6.88. The Morgan fingerprint density at radius 2 is 2.13 bits per heavy atom. The molecule has 0 saturated heterocycles. The van der Waals surface area contributed by atoms with Crippen molar-refractivity contribution >= 4 is 5.69 Å². The van der Waals surface area contributed by atoms with Gasteiger partial charge in [0.15, 0.2) is 5.75 Å². The van der Waals surface area contributed by atoms with Crippen LogP contribution in [0, 0.1) is 16.0 Å². The van der Waals surface area contributed by atoms with Gasteiger partial charge in [-0.3, -0.25) is 10.1 Å². The Bertz CT molecular complexity index is 738. The quantitative estimate of drug-likeness (QED) is 0.669. The maximum Gasteiger partial charge on any atom is 0.432 e. The molecule has 1 saturated carbocycles. The van der Waals surface area contributed by atoms with Crippen LogP contribution in [0.15, 0.2) is 24.4 Å². The molecule has 1 aliphatic rings. The molecule has 2 aromatic rings. The zero-order chi connectivity index (χ0) is 16.6. The smallest absolute Gasteiger partial charge is 0.432 e. The number of alkyl halides is 3. The second-order valence-corrected chi connectivity index (χ2v) is 5.34. The van der Waals surface area contributed by atoms with Gasteiger partial charge in [0, 0.05) is 11.6 Å². The third kappa shape index (κ3) is 3.43. The van der Waals surface area contributed by atoms with Gasteiger partial charge in [-0.1, -0.05) is 0 Å². The molecule has 1 N–H and O–H groups in total. The number of hydrogen-bond donors (Lipinski definition) is 1. The summed E-state index contributed by atoms with van der Waals surface area (Å²) in [6, 6.07) is 3.97. The van der Waals surface area contributed by atoms with Crippen LogP contribution in [0.25, 0.3) is 11.4 Å². The molecule has 0 spiro atoms. The van der Waals surface area contributed by atoms with Crippen LogP contribution in [0.3, 0.4) is 0 Å². The first kappa shape index (κ1) is 15.3. The van der Waals surface area contributed by atoms with Crippen molar-refractivity contribution in [2.24, 2.45) is 5.92 Å². The van der Waals surface area contributed by atoms with Crippen LogP contribution < -0.4 is 4.74 Å². The van der Waals surface area contributed by atoms with Crippen LogP contribution in [-0.4, -0.2) is 21.5 Å². The van der Waals surface area contributed by atoms with E-state index in [2.05, 4.69) is 9.97 Å². The highest BCUT2D eigenvalue weighted by Crippen LogP contribution is 2.35. The van der Waals surface area contributed by atoms with Crippen LogP contribution in [0.5, 0.6) is 5.75 Å².